The van der Waals surface area contributed by atoms with E-state index in [0.717, 1.165) is 38.8 Å². The van der Waals surface area contributed by atoms with Crippen molar-refractivity contribution in [1.29, 1.82) is 0 Å². The van der Waals surface area contributed by atoms with Gasteiger partial charge in [0.1, 0.15) is 0 Å². The number of rotatable bonds is 5. The Labute approximate surface area is 187 Å². The number of amides is 3. The molecule has 3 N–H and O–H groups in total. The molecular formula is C23H32N6O3. The molecule has 1 aromatic heterocycles. The largest absolute Gasteiger partial charge is 0.354 e. The zero-order valence-electron chi connectivity index (χ0n) is 18.6. The maximum Gasteiger partial charge on any atom is 0.315 e. The van der Waals surface area contributed by atoms with Crippen molar-refractivity contribution in [2.75, 3.05) is 20.1 Å². The minimum absolute atomic E-state index is 0.0713. The molecule has 2 heterocycles. The molecule has 1 aliphatic heterocycles. The second-order valence-electron chi connectivity index (χ2n) is 8.76. The molecule has 3 amide bonds. The van der Waals surface area contributed by atoms with Crippen molar-refractivity contribution >= 4 is 22.7 Å². The Morgan fingerprint density at radius 2 is 1.59 bits per heavy atom. The van der Waals surface area contributed by atoms with Gasteiger partial charge in [0.2, 0.25) is 0 Å². The molecule has 1 aliphatic carbocycles. The van der Waals surface area contributed by atoms with Crippen LogP contribution in [-0.4, -0.2) is 58.8 Å². The highest BCUT2D eigenvalue weighted by Gasteiger charge is 2.24. The Hall–Kier alpha value is -2.94. The van der Waals surface area contributed by atoms with Crippen LogP contribution in [0.2, 0.25) is 0 Å². The van der Waals surface area contributed by atoms with Gasteiger partial charge in [0, 0.05) is 37.6 Å². The second kappa shape index (κ2) is 10.1. The molecule has 1 aromatic carbocycles. The third kappa shape index (κ3) is 5.09. The maximum atomic E-state index is 12.9. The summed E-state index contributed by atoms with van der Waals surface area (Å²) >= 11 is 0. The average molecular weight is 441 g/mol. The van der Waals surface area contributed by atoms with E-state index in [-0.39, 0.29) is 29.2 Å². The van der Waals surface area contributed by atoms with Crippen molar-refractivity contribution in [1.82, 2.24) is 30.6 Å². The first kappa shape index (κ1) is 22.3. The smallest absolute Gasteiger partial charge is 0.315 e. The van der Waals surface area contributed by atoms with E-state index in [1.165, 1.54) is 23.9 Å². The van der Waals surface area contributed by atoms with Gasteiger partial charge < -0.3 is 16.0 Å². The van der Waals surface area contributed by atoms with E-state index in [0.29, 0.717) is 23.5 Å². The quantitative estimate of drug-likeness (QED) is 0.657. The predicted octanol–water partition coefficient (Wildman–Crippen LogP) is 1.81. The summed E-state index contributed by atoms with van der Waals surface area (Å²) in [6, 6.07) is 7.40. The minimum Gasteiger partial charge on any atom is -0.354 e. The molecule has 9 heteroatoms. The van der Waals surface area contributed by atoms with Crippen LogP contribution in [0.25, 0.3) is 10.8 Å². The van der Waals surface area contributed by atoms with Gasteiger partial charge in [-0.2, -0.15) is 5.10 Å². The Balaban J connectivity index is 1.37. The molecule has 0 spiro atoms. The highest BCUT2D eigenvalue weighted by molar-refractivity contribution is 6.04. The lowest BCUT2D eigenvalue weighted by Gasteiger charge is -2.33. The molecule has 32 heavy (non-hydrogen) atoms. The fourth-order valence-corrected chi connectivity index (χ4v) is 4.68. The van der Waals surface area contributed by atoms with Crippen molar-refractivity contribution in [3.05, 3.63) is 40.3 Å². The number of hydrogen-bond acceptors (Lipinski definition) is 5. The van der Waals surface area contributed by atoms with Crippen LogP contribution in [0.5, 0.6) is 0 Å². The number of carbonyl (C=O) groups excluding carboxylic acids is 2. The van der Waals surface area contributed by atoms with Crippen LogP contribution >= 0.6 is 0 Å². The summed E-state index contributed by atoms with van der Waals surface area (Å²) in [5.74, 6) is -0.318. The van der Waals surface area contributed by atoms with Gasteiger partial charge in [-0.15, -0.1) is 0 Å². The summed E-state index contributed by atoms with van der Waals surface area (Å²) in [7, 11) is 1.55. The minimum atomic E-state index is -0.318. The van der Waals surface area contributed by atoms with Crippen LogP contribution in [0.3, 0.4) is 0 Å². The Morgan fingerprint density at radius 1 is 0.969 bits per heavy atom. The van der Waals surface area contributed by atoms with Crippen LogP contribution in [0, 0.1) is 0 Å². The molecule has 2 fully saturated rings. The van der Waals surface area contributed by atoms with Gasteiger partial charge in [-0.1, -0.05) is 37.5 Å². The zero-order valence-corrected chi connectivity index (χ0v) is 18.6. The fourth-order valence-electron chi connectivity index (χ4n) is 4.68. The topological polar surface area (TPSA) is 108 Å². The highest BCUT2D eigenvalue weighted by atomic mass is 16.2. The molecule has 172 valence electrons. The van der Waals surface area contributed by atoms with E-state index >= 15 is 0 Å². The SMILES string of the molecule is CNC(=O)c1nn(CN2CCC(NC(=O)NC3CCCCC3)CC2)c(=O)c2ccccc12. The number of carbonyl (C=O) groups is 2. The molecule has 0 unspecified atom stereocenters. The molecule has 9 nitrogen and oxygen atoms in total. The van der Waals surface area contributed by atoms with Gasteiger partial charge in [-0.3, -0.25) is 14.5 Å². The molecule has 0 atom stereocenters. The third-order valence-electron chi connectivity index (χ3n) is 6.51. The average Bonchev–Trinajstić information content (AvgIpc) is 2.82. The first-order chi connectivity index (χ1) is 15.5. The molecule has 2 aliphatic rings. The number of nitrogens with zero attached hydrogens (tertiary/aromatic N) is 3. The first-order valence-corrected chi connectivity index (χ1v) is 11.6. The van der Waals surface area contributed by atoms with Crippen LogP contribution in [0.4, 0.5) is 4.79 Å². The standard InChI is InChI=1S/C23H32N6O3/c1-24-21(30)20-18-9-5-6-10-19(18)22(31)29(27-20)15-28-13-11-17(12-14-28)26-23(32)25-16-7-3-2-4-8-16/h5-6,9-10,16-17H,2-4,7-8,11-15H2,1H3,(H,24,30)(H2,25,26,32). The highest BCUT2D eigenvalue weighted by Crippen LogP contribution is 2.18. The lowest BCUT2D eigenvalue weighted by Crippen LogP contribution is -2.50. The normalized spacial score (nSPS) is 18.4. The molecule has 2 aromatic rings. The lowest BCUT2D eigenvalue weighted by atomic mass is 9.96. The lowest BCUT2D eigenvalue weighted by molar-refractivity contribution is 0.0954. The summed E-state index contributed by atoms with van der Waals surface area (Å²) in [4.78, 5) is 39.7. The van der Waals surface area contributed by atoms with Gasteiger partial charge >= 0.3 is 6.03 Å². The van der Waals surface area contributed by atoms with Crippen molar-refractivity contribution < 1.29 is 9.59 Å². The molecule has 0 radical (unpaired) electrons. The molecular weight excluding hydrogens is 408 g/mol. The van der Waals surface area contributed by atoms with Crippen LogP contribution in [0.15, 0.2) is 29.1 Å². The van der Waals surface area contributed by atoms with E-state index in [1.807, 2.05) is 0 Å². The summed E-state index contributed by atoms with van der Waals surface area (Å²) in [6.45, 7) is 1.80. The summed E-state index contributed by atoms with van der Waals surface area (Å²) < 4.78 is 1.37. The molecule has 1 saturated heterocycles. The van der Waals surface area contributed by atoms with Crippen LogP contribution in [0.1, 0.15) is 55.4 Å². The molecule has 0 bridgehead atoms. The number of likely N-dealkylation sites (tertiary alicyclic amines) is 1. The second-order valence-corrected chi connectivity index (χ2v) is 8.76. The van der Waals surface area contributed by atoms with E-state index in [4.69, 9.17) is 0 Å². The number of urea groups is 1. The number of fused-ring (bicyclic) bond motifs is 1. The number of aromatic nitrogens is 2. The summed E-state index contributed by atoms with van der Waals surface area (Å²) in [6.07, 6.45) is 7.39. The Morgan fingerprint density at radius 3 is 2.25 bits per heavy atom. The monoisotopic (exact) mass is 440 g/mol. The third-order valence-corrected chi connectivity index (χ3v) is 6.51. The zero-order chi connectivity index (χ0) is 22.5. The van der Waals surface area contributed by atoms with Gasteiger partial charge in [0.25, 0.3) is 11.5 Å². The van der Waals surface area contributed by atoms with E-state index in [2.05, 4.69) is 25.9 Å². The van der Waals surface area contributed by atoms with Gasteiger partial charge in [-0.25, -0.2) is 9.48 Å². The molecule has 1 saturated carbocycles. The van der Waals surface area contributed by atoms with Crippen molar-refractivity contribution in [2.45, 2.75) is 63.7 Å². The van der Waals surface area contributed by atoms with Crippen LogP contribution in [-0.2, 0) is 6.67 Å². The Bertz CT molecular complexity index is 1020. The fraction of sp³-hybridized carbons (Fsp3) is 0.565. The summed E-state index contributed by atoms with van der Waals surface area (Å²) in [5, 5.41) is 14.2. The maximum absolute atomic E-state index is 12.9. The van der Waals surface area contributed by atoms with Gasteiger partial charge in [-0.05, 0) is 31.7 Å². The number of benzene rings is 1. The van der Waals surface area contributed by atoms with Gasteiger partial charge in [0.05, 0.1) is 12.1 Å². The Kier molecular flexibility index (Phi) is 7.04. The summed E-state index contributed by atoms with van der Waals surface area (Å²) in [5.41, 5.74) is 0.0407. The number of nitrogens with one attached hydrogen (secondary N) is 3. The van der Waals surface area contributed by atoms with Crippen LogP contribution < -0.4 is 21.5 Å². The van der Waals surface area contributed by atoms with Crippen molar-refractivity contribution in [3.8, 4) is 0 Å². The van der Waals surface area contributed by atoms with E-state index < -0.39 is 0 Å². The van der Waals surface area contributed by atoms with E-state index in [9.17, 15) is 14.4 Å². The first-order valence-electron chi connectivity index (χ1n) is 11.6. The van der Waals surface area contributed by atoms with Crippen molar-refractivity contribution in [3.63, 3.8) is 0 Å². The molecule has 4 rings (SSSR count). The predicted molar refractivity (Wildman–Crippen MR) is 123 cm³/mol. The number of piperidine rings is 1. The van der Waals surface area contributed by atoms with Crippen molar-refractivity contribution in [2.24, 2.45) is 0 Å². The number of hydrogen-bond donors (Lipinski definition) is 3. The van der Waals surface area contributed by atoms with E-state index in [1.54, 1.807) is 31.3 Å². The van der Waals surface area contributed by atoms with Gasteiger partial charge in [0.15, 0.2) is 5.69 Å².